The Labute approximate surface area is 69.7 Å². The minimum Gasteiger partial charge on any atom is -0.311 e. The average molecular weight is 168 g/mol. The summed E-state index contributed by atoms with van der Waals surface area (Å²) in [6.45, 7) is 3.71. The van der Waals surface area contributed by atoms with Crippen molar-refractivity contribution in [2.75, 3.05) is 0 Å². The lowest BCUT2D eigenvalue weighted by Crippen LogP contribution is -2.26. The summed E-state index contributed by atoms with van der Waals surface area (Å²) in [7, 11) is 0. The van der Waals surface area contributed by atoms with Gasteiger partial charge in [0.15, 0.2) is 0 Å². The average Bonchev–Trinajstić information content (AvgIpc) is 2.00. The highest BCUT2D eigenvalue weighted by Crippen LogP contribution is 1.98. The molecule has 1 heterocycles. The Morgan fingerprint density at radius 2 is 1.92 bits per heavy atom. The molecule has 1 rings (SSSR count). The maximum atomic E-state index is 11.1. The summed E-state index contributed by atoms with van der Waals surface area (Å²) >= 11 is 0. The van der Waals surface area contributed by atoms with Crippen molar-refractivity contribution in [2.45, 2.75) is 26.7 Å². The van der Waals surface area contributed by atoms with E-state index in [0.29, 0.717) is 5.56 Å². The standard InChI is InChI=1S/C8H12N2O2/c1-3-4-6-5(2)7(11)10-8(12)9-6/h3-4H2,1-2H3,(H2,9,10,11,12). The fourth-order valence-electron chi connectivity index (χ4n) is 1.10. The quantitative estimate of drug-likeness (QED) is 0.668. The van der Waals surface area contributed by atoms with Crippen molar-refractivity contribution in [1.82, 2.24) is 9.97 Å². The molecule has 1 aromatic rings. The third-order valence-electron chi connectivity index (χ3n) is 1.78. The molecule has 4 nitrogen and oxygen atoms in total. The van der Waals surface area contributed by atoms with Crippen LogP contribution in [0.4, 0.5) is 0 Å². The highest BCUT2D eigenvalue weighted by Gasteiger charge is 2.01. The number of nitrogens with one attached hydrogen (secondary N) is 2. The molecule has 0 amide bonds. The molecule has 0 aliphatic heterocycles. The number of rotatable bonds is 2. The van der Waals surface area contributed by atoms with Gasteiger partial charge in [0.25, 0.3) is 5.56 Å². The summed E-state index contributed by atoms with van der Waals surface area (Å²) in [6.07, 6.45) is 1.66. The van der Waals surface area contributed by atoms with Gasteiger partial charge >= 0.3 is 5.69 Å². The predicted octanol–water partition coefficient (Wildman–Crippen LogP) is 0.324. The molecular formula is C8H12N2O2. The molecule has 0 atom stereocenters. The SMILES string of the molecule is CCCc1[nH]c(=O)[nH]c(=O)c1C. The fourth-order valence-corrected chi connectivity index (χ4v) is 1.10. The molecule has 0 bridgehead atoms. The first-order valence-electron chi connectivity index (χ1n) is 3.97. The summed E-state index contributed by atoms with van der Waals surface area (Å²) in [5.74, 6) is 0. The fraction of sp³-hybridized carbons (Fsp3) is 0.500. The number of hydrogen-bond donors (Lipinski definition) is 2. The van der Waals surface area contributed by atoms with Crippen LogP contribution in [0.1, 0.15) is 24.6 Å². The zero-order valence-corrected chi connectivity index (χ0v) is 7.23. The van der Waals surface area contributed by atoms with Gasteiger partial charge in [0, 0.05) is 11.3 Å². The molecule has 66 valence electrons. The second-order valence-electron chi connectivity index (χ2n) is 2.76. The van der Waals surface area contributed by atoms with E-state index in [2.05, 4.69) is 9.97 Å². The summed E-state index contributed by atoms with van der Waals surface area (Å²) in [5.41, 5.74) is 0.638. The zero-order valence-electron chi connectivity index (χ0n) is 7.23. The van der Waals surface area contributed by atoms with Crippen LogP contribution >= 0.6 is 0 Å². The van der Waals surface area contributed by atoms with Gasteiger partial charge in [-0.1, -0.05) is 13.3 Å². The van der Waals surface area contributed by atoms with Crippen LogP contribution in [-0.4, -0.2) is 9.97 Å². The monoisotopic (exact) mass is 168 g/mol. The zero-order chi connectivity index (χ0) is 9.14. The van der Waals surface area contributed by atoms with Crippen LogP contribution < -0.4 is 11.2 Å². The molecule has 0 aliphatic carbocycles. The van der Waals surface area contributed by atoms with Crippen LogP contribution in [0.5, 0.6) is 0 Å². The van der Waals surface area contributed by atoms with Crippen molar-refractivity contribution in [2.24, 2.45) is 0 Å². The minimum absolute atomic E-state index is 0.290. The first-order valence-corrected chi connectivity index (χ1v) is 3.97. The van der Waals surface area contributed by atoms with Crippen molar-refractivity contribution in [3.8, 4) is 0 Å². The van der Waals surface area contributed by atoms with Crippen molar-refractivity contribution in [3.63, 3.8) is 0 Å². The van der Waals surface area contributed by atoms with E-state index in [1.807, 2.05) is 6.92 Å². The molecule has 0 radical (unpaired) electrons. The Morgan fingerprint density at radius 1 is 1.25 bits per heavy atom. The molecule has 2 N–H and O–H groups in total. The molecule has 0 saturated carbocycles. The number of aryl methyl sites for hydroxylation is 1. The molecule has 0 spiro atoms. The van der Waals surface area contributed by atoms with Gasteiger partial charge in [-0.15, -0.1) is 0 Å². The van der Waals surface area contributed by atoms with Gasteiger partial charge in [-0.25, -0.2) is 4.79 Å². The molecule has 1 aromatic heterocycles. The van der Waals surface area contributed by atoms with Crippen LogP contribution in [0.15, 0.2) is 9.59 Å². The topological polar surface area (TPSA) is 65.7 Å². The Morgan fingerprint density at radius 3 is 2.50 bits per heavy atom. The molecule has 12 heavy (non-hydrogen) atoms. The largest absolute Gasteiger partial charge is 0.325 e. The first-order chi connectivity index (χ1) is 5.65. The van der Waals surface area contributed by atoms with Crippen LogP contribution in [0.3, 0.4) is 0 Å². The number of aromatic nitrogens is 2. The van der Waals surface area contributed by atoms with Crippen LogP contribution in [0.25, 0.3) is 0 Å². The molecule has 0 aliphatic rings. The minimum atomic E-state index is -0.422. The van der Waals surface area contributed by atoms with Gasteiger partial charge in [-0.05, 0) is 13.3 Å². The lowest BCUT2D eigenvalue weighted by Gasteiger charge is -2.00. The normalized spacial score (nSPS) is 10.2. The van der Waals surface area contributed by atoms with E-state index in [4.69, 9.17) is 0 Å². The van der Waals surface area contributed by atoms with Gasteiger partial charge in [0.2, 0.25) is 0 Å². The van der Waals surface area contributed by atoms with Crippen LogP contribution in [0.2, 0.25) is 0 Å². The van der Waals surface area contributed by atoms with Crippen LogP contribution in [0, 0.1) is 6.92 Å². The third kappa shape index (κ3) is 1.64. The predicted molar refractivity (Wildman–Crippen MR) is 46.4 cm³/mol. The molecule has 0 saturated heterocycles. The van der Waals surface area contributed by atoms with Gasteiger partial charge in [0.05, 0.1) is 0 Å². The summed E-state index contributed by atoms with van der Waals surface area (Å²) in [5, 5.41) is 0. The van der Waals surface area contributed by atoms with Crippen molar-refractivity contribution in [3.05, 3.63) is 32.1 Å². The first kappa shape index (κ1) is 8.77. The van der Waals surface area contributed by atoms with E-state index in [0.717, 1.165) is 18.5 Å². The molecule has 0 unspecified atom stereocenters. The van der Waals surface area contributed by atoms with E-state index in [-0.39, 0.29) is 5.56 Å². The third-order valence-corrected chi connectivity index (χ3v) is 1.78. The summed E-state index contributed by atoms with van der Waals surface area (Å²) in [6, 6.07) is 0. The Balaban J connectivity index is 3.28. The van der Waals surface area contributed by atoms with E-state index in [1.165, 1.54) is 0 Å². The lowest BCUT2D eigenvalue weighted by atomic mass is 10.2. The van der Waals surface area contributed by atoms with Gasteiger partial charge in [0.1, 0.15) is 0 Å². The van der Waals surface area contributed by atoms with Gasteiger partial charge in [-0.3, -0.25) is 9.78 Å². The number of H-pyrrole nitrogens is 2. The maximum absolute atomic E-state index is 11.1. The molecule has 4 heteroatoms. The Kier molecular flexibility index (Phi) is 2.47. The smallest absolute Gasteiger partial charge is 0.311 e. The van der Waals surface area contributed by atoms with E-state index < -0.39 is 5.69 Å². The second-order valence-corrected chi connectivity index (χ2v) is 2.76. The van der Waals surface area contributed by atoms with Crippen molar-refractivity contribution in [1.29, 1.82) is 0 Å². The summed E-state index contributed by atoms with van der Waals surface area (Å²) < 4.78 is 0. The highest BCUT2D eigenvalue weighted by molar-refractivity contribution is 5.13. The Bertz CT molecular complexity index is 375. The molecular weight excluding hydrogens is 156 g/mol. The lowest BCUT2D eigenvalue weighted by molar-refractivity contribution is 0.833. The van der Waals surface area contributed by atoms with E-state index in [9.17, 15) is 9.59 Å². The van der Waals surface area contributed by atoms with E-state index >= 15 is 0 Å². The highest BCUT2D eigenvalue weighted by atomic mass is 16.2. The van der Waals surface area contributed by atoms with Gasteiger partial charge < -0.3 is 4.98 Å². The molecule has 0 aromatic carbocycles. The van der Waals surface area contributed by atoms with E-state index in [1.54, 1.807) is 6.92 Å². The van der Waals surface area contributed by atoms with Crippen molar-refractivity contribution < 1.29 is 0 Å². The molecule has 0 fully saturated rings. The van der Waals surface area contributed by atoms with Crippen LogP contribution in [-0.2, 0) is 6.42 Å². The Hall–Kier alpha value is -1.32. The second kappa shape index (κ2) is 3.38. The number of aromatic amines is 2. The maximum Gasteiger partial charge on any atom is 0.325 e. The van der Waals surface area contributed by atoms with Gasteiger partial charge in [-0.2, -0.15) is 0 Å². The number of hydrogen-bond acceptors (Lipinski definition) is 2. The van der Waals surface area contributed by atoms with Crippen molar-refractivity contribution >= 4 is 0 Å². The summed E-state index contributed by atoms with van der Waals surface area (Å²) in [4.78, 5) is 26.7.